The molecule has 0 aliphatic carbocycles. The summed E-state index contributed by atoms with van der Waals surface area (Å²) in [6.07, 6.45) is -3.43. The molecule has 148 valence electrons. The van der Waals surface area contributed by atoms with Crippen LogP contribution in [0.15, 0.2) is 24.3 Å². The van der Waals surface area contributed by atoms with Gasteiger partial charge in [0.15, 0.2) is 0 Å². The molecule has 0 amide bonds. The van der Waals surface area contributed by atoms with Gasteiger partial charge in [-0.05, 0) is 58.2 Å². The third-order valence-corrected chi connectivity index (χ3v) is 5.00. The Morgan fingerprint density at radius 1 is 1.12 bits per heavy atom. The summed E-state index contributed by atoms with van der Waals surface area (Å²) >= 11 is 0. The van der Waals surface area contributed by atoms with Crippen LogP contribution in [0.25, 0.3) is 0 Å². The SMILES string of the molecule is CN1CCN(CCCN(C)C[C@@](C)(O)c2cccc(C(F)(F)F)c2)CC1. The Morgan fingerprint density at radius 3 is 2.35 bits per heavy atom. The fourth-order valence-corrected chi connectivity index (χ4v) is 3.36. The van der Waals surface area contributed by atoms with Crippen LogP contribution >= 0.6 is 0 Å². The van der Waals surface area contributed by atoms with Crippen LogP contribution < -0.4 is 0 Å². The van der Waals surface area contributed by atoms with Crippen molar-refractivity contribution in [3.8, 4) is 0 Å². The van der Waals surface area contributed by atoms with E-state index in [1.165, 1.54) is 6.07 Å². The van der Waals surface area contributed by atoms with E-state index in [2.05, 4.69) is 16.8 Å². The number of nitrogens with zero attached hydrogens (tertiary/aromatic N) is 3. The van der Waals surface area contributed by atoms with Crippen molar-refractivity contribution in [1.29, 1.82) is 0 Å². The molecule has 7 heteroatoms. The Morgan fingerprint density at radius 2 is 1.73 bits per heavy atom. The van der Waals surface area contributed by atoms with Crippen LogP contribution in [0.3, 0.4) is 0 Å². The topological polar surface area (TPSA) is 30.0 Å². The van der Waals surface area contributed by atoms with Crippen molar-refractivity contribution in [2.24, 2.45) is 0 Å². The van der Waals surface area contributed by atoms with Gasteiger partial charge < -0.3 is 19.8 Å². The van der Waals surface area contributed by atoms with Gasteiger partial charge in [0.1, 0.15) is 0 Å². The Kier molecular flexibility index (Phi) is 7.07. The maximum atomic E-state index is 12.9. The number of hydrogen-bond donors (Lipinski definition) is 1. The van der Waals surface area contributed by atoms with Crippen LogP contribution in [0.4, 0.5) is 13.2 Å². The van der Waals surface area contributed by atoms with Gasteiger partial charge in [-0.15, -0.1) is 0 Å². The summed E-state index contributed by atoms with van der Waals surface area (Å²) in [5.41, 5.74) is -1.77. The predicted octanol–water partition coefficient (Wildman–Crippen LogP) is 2.48. The average Bonchev–Trinajstić information content (AvgIpc) is 2.55. The highest BCUT2D eigenvalue weighted by molar-refractivity contribution is 5.29. The lowest BCUT2D eigenvalue weighted by Crippen LogP contribution is -2.45. The van der Waals surface area contributed by atoms with Gasteiger partial charge in [0, 0.05) is 32.7 Å². The van der Waals surface area contributed by atoms with Gasteiger partial charge in [-0.1, -0.05) is 12.1 Å². The minimum absolute atomic E-state index is 0.289. The fourth-order valence-electron chi connectivity index (χ4n) is 3.36. The smallest absolute Gasteiger partial charge is 0.384 e. The summed E-state index contributed by atoms with van der Waals surface area (Å²) in [5, 5.41) is 10.7. The quantitative estimate of drug-likeness (QED) is 0.795. The fraction of sp³-hybridized carbons (Fsp3) is 0.684. The van der Waals surface area contributed by atoms with Crippen molar-refractivity contribution < 1.29 is 18.3 Å². The lowest BCUT2D eigenvalue weighted by atomic mass is 9.93. The normalized spacial score (nSPS) is 19.7. The van der Waals surface area contributed by atoms with E-state index >= 15 is 0 Å². The molecule has 0 unspecified atom stereocenters. The van der Waals surface area contributed by atoms with Gasteiger partial charge in [0.05, 0.1) is 11.2 Å². The Balaban J connectivity index is 1.84. The van der Waals surface area contributed by atoms with E-state index < -0.39 is 17.3 Å². The van der Waals surface area contributed by atoms with E-state index in [0.717, 1.165) is 57.8 Å². The molecule has 1 aliphatic rings. The molecular weight excluding hydrogens is 343 g/mol. The number of rotatable bonds is 7. The van der Waals surface area contributed by atoms with Gasteiger partial charge in [-0.25, -0.2) is 0 Å². The lowest BCUT2D eigenvalue weighted by Gasteiger charge is -2.33. The third-order valence-electron chi connectivity index (χ3n) is 5.00. The molecule has 1 heterocycles. The molecule has 0 bridgehead atoms. The molecule has 2 rings (SSSR count). The molecule has 0 radical (unpaired) electrons. The van der Waals surface area contributed by atoms with Crippen molar-refractivity contribution >= 4 is 0 Å². The molecule has 26 heavy (non-hydrogen) atoms. The largest absolute Gasteiger partial charge is 0.416 e. The first-order valence-electron chi connectivity index (χ1n) is 9.07. The van der Waals surface area contributed by atoms with Crippen LogP contribution in [0.1, 0.15) is 24.5 Å². The highest BCUT2D eigenvalue weighted by Gasteiger charge is 2.33. The van der Waals surface area contributed by atoms with E-state index in [4.69, 9.17) is 0 Å². The molecule has 1 saturated heterocycles. The lowest BCUT2D eigenvalue weighted by molar-refractivity contribution is -0.137. The van der Waals surface area contributed by atoms with Gasteiger partial charge in [-0.3, -0.25) is 0 Å². The summed E-state index contributed by atoms with van der Waals surface area (Å²) in [4.78, 5) is 6.73. The molecular formula is C19H30F3N3O. The van der Waals surface area contributed by atoms with Crippen molar-refractivity contribution in [3.63, 3.8) is 0 Å². The number of hydrogen-bond acceptors (Lipinski definition) is 4. The van der Waals surface area contributed by atoms with Crippen molar-refractivity contribution in [2.45, 2.75) is 25.1 Å². The standard InChI is InChI=1S/C19H30F3N3O/c1-18(26,16-6-4-7-17(14-16)19(20,21)22)15-24(3)8-5-9-25-12-10-23(2)11-13-25/h4,6-7,14,26H,5,8-13,15H2,1-3H3/t18-/m1/s1. The molecule has 0 aromatic heterocycles. The number of halogens is 3. The van der Waals surface area contributed by atoms with Gasteiger partial charge in [-0.2, -0.15) is 13.2 Å². The average molecular weight is 373 g/mol. The Bertz CT molecular complexity index is 569. The molecule has 1 aromatic carbocycles. The summed E-state index contributed by atoms with van der Waals surface area (Å²) in [7, 11) is 4.02. The van der Waals surface area contributed by atoms with Gasteiger partial charge >= 0.3 is 6.18 Å². The third kappa shape index (κ3) is 6.23. The minimum atomic E-state index is -4.40. The number of likely N-dealkylation sites (N-methyl/N-ethyl adjacent to an activating group) is 2. The van der Waals surface area contributed by atoms with Crippen molar-refractivity contribution in [1.82, 2.24) is 14.7 Å². The van der Waals surface area contributed by atoms with E-state index in [9.17, 15) is 18.3 Å². The van der Waals surface area contributed by atoms with Crippen LogP contribution in [-0.4, -0.2) is 79.7 Å². The van der Waals surface area contributed by atoms with Crippen molar-refractivity contribution in [3.05, 3.63) is 35.4 Å². The van der Waals surface area contributed by atoms with Gasteiger partial charge in [0.2, 0.25) is 0 Å². The van der Waals surface area contributed by atoms with E-state index in [1.54, 1.807) is 13.0 Å². The number of alkyl halides is 3. The van der Waals surface area contributed by atoms with Crippen molar-refractivity contribution in [2.75, 3.05) is 59.9 Å². The van der Waals surface area contributed by atoms with E-state index in [1.807, 2.05) is 11.9 Å². The van der Waals surface area contributed by atoms with Gasteiger partial charge in [0.25, 0.3) is 0 Å². The zero-order chi connectivity index (χ0) is 19.4. The second-order valence-electron chi connectivity index (χ2n) is 7.59. The summed E-state index contributed by atoms with van der Waals surface area (Å²) in [5.74, 6) is 0. The number of piperazine rings is 1. The zero-order valence-electron chi connectivity index (χ0n) is 15.9. The highest BCUT2D eigenvalue weighted by atomic mass is 19.4. The molecule has 1 aliphatic heterocycles. The van der Waals surface area contributed by atoms with Crippen LogP contribution in [0.5, 0.6) is 0 Å². The number of aliphatic hydroxyl groups is 1. The first kappa shape index (κ1) is 21.2. The predicted molar refractivity (Wildman–Crippen MR) is 97.1 cm³/mol. The summed E-state index contributed by atoms with van der Waals surface area (Å²) in [6.45, 7) is 7.96. The summed E-state index contributed by atoms with van der Waals surface area (Å²) in [6, 6.07) is 4.96. The molecule has 0 spiro atoms. The highest BCUT2D eigenvalue weighted by Crippen LogP contribution is 2.32. The molecule has 4 nitrogen and oxygen atoms in total. The molecule has 1 N–H and O–H groups in total. The second kappa shape index (κ2) is 8.69. The second-order valence-corrected chi connectivity index (χ2v) is 7.59. The Hall–Kier alpha value is -1.15. The van der Waals surface area contributed by atoms with Crippen LogP contribution in [0, 0.1) is 0 Å². The van der Waals surface area contributed by atoms with E-state index in [0.29, 0.717) is 5.56 Å². The molecule has 1 atom stereocenters. The molecule has 1 fully saturated rings. The maximum Gasteiger partial charge on any atom is 0.416 e. The molecule has 1 aromatic rings. The first-order valence-corrected chi connectivity index (χ1v) is 9.07. The maximum absolute atomic E-state index is 12.9. The minimum Gasteiger partial charge on any atom is -0.384 e. The number of benzene rings is 1. The van der Waals surface area contributed by atoms with Crippen LogP contribution in [-0.2, 0) is 11.8 Å². The van der Waals surface area contributed by atoms with Crippen LogP contribution in [0.2, 0.25) is 0 Å². The zero-order valence-corrected chi connectivity index (χ0v) is 15.9. The monoisotopic (exact) mass is 373 g/mol. The Labute approximate surface area is 154 Å². The van der Waals surface area contributed by atoms with E-state index in [-0.39, 0.29) is 6.54 Å². The molecule has 0 saturated carbocycles. The first-order chi connectivity index (χ1) is 12.1. The summed E-state index contributed by atoms with van der Waals surface area (Å²) < 4.78 is 38.7.